The van der Waals surface area contributed by atoms with Crippen LogP contribution in [0.15, 0.2) is 29.4 Å². The standard InChI is InChI=1S/C10H12FN3O/c1-7-2-4-8(5-3-7)10(15)9(6-11)13-14-12/h2-5,9-10,15H,6H2,1H3/t9-,10-/m1/s1. The van der Waals surface area contributed by atoms with Gasteiger partial charge in [0, 0.05) is 4.91 Å². The SMILES string of the molecule is Cc1ccc([C@@H](O)[C@@H](CF)N=[N+]=[N-])cc1. The summed E-state index contributed by atoms with van der Waals surface area (Å²) < 4.78 is 12.4. The second-order valence-electron chi connectivity index (χ2n) is 3.28. The number of halogens is 1. The third-order valence-electron chi connectivity index (χ3n) is 2.14. The third kappa shape index (κ3) is 2.94. The minimum absolute atomic E-state index is 0.552. The molecule has 1 N–H and O–H groups in total. The van der Waals surface area contributed by atoms with E-state index in [4.69, 9.17) is 5.53 Å². The Kier molecular flexibility index (Phi) is 4.09. The minimum atomic E-state index is -1.09. The van der Waals surface area contributed by atoms with Crippen molar-refractivity contribution in [3.8, 4) is 0 Å². The first-order valence-electron chi connectivity index (χ1n) is 4.54. The monoisotopic (exact) mass is 209 g/mol. The van der Waals surface area contributed by atoms with Crippen LogP contribution in [-0.2, 0) is 0 Å². The molecule has 0 radical (unpaired) electrons. The average Bonchev–Trinajstić information content (AvgIpc) is 2.26. The van der Waals surface area contributed by atoms with Crippen LogP contribution in [0.25, 0.3) is 10.4 Å². The zero-order valence-corrected chi connectivity index (χ0v) is 8.34. The van der Waals surface area contributed by atoms with E-state index in [-0.39, 0.29) is 0 Å². The summed E-state index contributed by atoms with van der Waals surface area (Å²) in [5.74, 6) is 0. The molecule has 1 aromatic rings. The molecule has 0 saturated heterocycles. The molecular weight excluding hydrogens is 197 g/mol. The molecule has 0 aliphatic carbocycles. The second-order valence-corrected chi connectivity index (χ2v) is 3.28. The molecule has 1 aromatic carbocycles. The normalized spacial score (nSPS) is 14.1. The number of rotatable bonds is 4. The highest BCUT2D eigenvalue weighted by atomic mass is 19.1. The Morgan fingerprint density at radius 2 is 2.07 bits per heavy atom. The lowest BCUT2D eigenvalue weighted by molar-refractivity contribution is 0.132. The van der Waals surface area contributed by atoms with E-state index in [0.29, 0.717) is 5.56 Å². The molecule has 1 rings (SSSR count). The van der Waals surface area contributed by atoms with Gasteiger partial charge in [0.25, 0.3) is 0 Å². The largest absolute Gasteiger partial charge is 0.388 e. The van der Waals surface area contributed by atoms with Crippen molar-refractivity contribution in [1.82, 2.24) is 0 Å². The summed E-state index contributed by atoms with van der Waals surface area (Å²) in [6, 6.07) is 5.94. The molecule has 5 heteroatoms. The van der Waals surface area contributed by atoms with Gasteiger partial charge in [0.1, 0.15) is 6.67 Å². The van der Waals surface area contributed by atoms with Gasteiger partial charge in [-0.2, -0.15) is 0 Å². The molecular formula is C10H12FN3O. The maximum Gasteiger partial charge on any atom is 0.101 e. The van der Waals surface area contributed by atoms with Crippen LogP contribution in [-0.4, -0.2) is 17.8 Å². The maximum absolute atomic E-state index is 12.4. The number of alkyl halides is 1. The van der Waals surface area contributed by atoms with E-state index in [1.54, 1.807) is 12.1 Å². The van der Waals surface area contributed by atoms with Gasteiger partial charge in [-0.05, 0) is 18.0 Å². The van der Waals surface area contributed by atoms with E-state index in [1.807, 2.05) is 19.1 Å². The second kappa shape index (κ2) is 5.34. The number of benzene rings is 1. The van der Waals surface area contributed by atoms with Crippen molar-refractivity contribution in [1.29, 1.82) is 0 Å². The van der Waals surface area contributed by atoms with Crippen LogP contribution in [0.2, 0.25) is 0 Å². The van der Waals surface area contributed by atoms with Gasteiger partial charge >= 0.3 is 0 Å². The highest BCUT2D eigenvalue weighted by Gasteiger charge is 2.19. The van der Waals surface area contributed by atoms with Crippen molar-refractivity contribution in [3.05, 3.63) is 45.8 Å². The van der Waals surface area contributed by atoms with Crippen LogP contribution in [0, 0.1) is 6.92 Å². The highest BCUT2D eigenvalue weighted by Crippen LogP contribution is 2.20. The van der Waals surface area contributed by atoms with Gasteiger partial charge in [0.05, 0.1) is 12.1 Å². The molecule has 4 nitrogen and oxygen atoms in total. The molecule has 2 atom stereocenters. The Labute approximate surface area is 87.0 Å². The molecule has 0 bridgehead atoms. The molecule has 0 heterocycles. The van der Waals surface area contributed by atoms with Crippen LogP contribution in [0.5, 0.6) is 0 Å². The molecule has 0 unspecified atom stereocenters. The predicted molar refractivity (Wildman–Crippen MR) is 55.0 cm³/mol. The molecule has 0 aromatic heterocycles. The van der Waals surface area contributed by atoms with Gasteiger partial charge in [-0.1, -0.05) is 34.9 Å². The first-order chi connectivity index (χ1) is 7.19. The zero-order valence-electron chi connectivity index (χ0n) is 8.34. The molecule has 0 aliphatic heterocycles. The third-order valence-corrected chi connectivity index (χ3v) is 2.14. The summed E-state index contributed by atoms with van der Waals surface area (Å²) in [7, 11) is 0. The number of aryl methyl sites for hydroxylation is 1. The highest BCUT2D eigenvalue weighted by molar-refractivity contribution is 5.24. The number of hydrogen-bond acceptors (Lipinski definition) is 2. The first-order valence-corrected chi connectivity index (χ1v) is 4.54. The lowest BCUT2D eigenvalue weighted by Crippen LogP contribution is -2.17. The number of azide groups is 1. The van der Waals surface area contributed by atoms with E-state index in [9.17, 15) is 9.50 Å². The Morgan fingerprint density at radius 3 is 2.53 bits per heavy atom. The van der Waals surface area contributed by atoms with Gasteiger partial charge < -0.3 is 5.11 Å². The topological polar surface area (TPSA) is 69.0 Å². The van der Waals surface area contributed by atoms with Crippen LogP contribution in [0.1, 0.15) is 17.2 Å². The average molecular weight is 209 g/mol. The van der Waals surface area contributed by atoms with Gasteiger partial charge in [-0.3, -0.25) is 4.39 Å². The molecule has 80 valence electrons. The first kappa shape index (κ1) is 11.5. The molecule has 0 saturated carbocycles. The summed E-state index contributed by atoms with van der Waals surface area (Å²) in [5.41, 5.74) is 9.79. The number of nitrogens with zero attached hydrogens (tertiary/aromatic N) is 3. The van der Waals surface area contributed by atoms with Gasteiger partial charge in [0.2, 0.25) is 0 Å². The van der Waals surface area contributed by atoms with Crippen LogP contribution in [0.3, 0.4) is 0 Å². The Hall–Kier alpha value is -1.58. The fourth-order valence-electron chi connectivity index (χ4n) is 1.23. The van der Waals surface area contributed by atoms with E-state index in [1.165, 1.54) is 0 Å². The minimum Gasteiger partial charge on any atom is -0.388 e. The maximum atomic E-state index is 12.4. The van der Waals surface area contributed by atoms with Gasteiger partial charge in [-0.25, -0.2) is 0 Å². The summed E-state index contributed by atoms with van der Waals surface area (Å²) in [4.78, 5) is 2.50. The van der Waals surface area contributed by atoms with E-state index < -0.39 is 18.8 Å². The van der Waals surface area contributed by atoms with Crippen LogP contribution < -0.4 is 0 Å². The lowest BCUT2D eigenvalue weighted by Gasteiger charge is -2.15. The summed E-state index contributed by atoms with van der Waals surface area (Å²) in [6.45, 7) is 1.04. The van der Waals surface area contributed by atoms with Crippen molar-refractivity contribution in [2.75, 3.05) is 6.67 Å². The van der Waals surface area contributed by atoms with Gasteiger partial charge in [0.15, 0.2) is 0 Å². The van der Waals surface area contributed by atoms with Crippen molar-refractivity contribution >= 4 is 0 Å². The van der Waals surface area contributed by atoms with E-state index in [2.05, 4.69) is 10.0 Å². The Morgan fingerprint density at radius 1 is 1.47 bits per heavy atom. The fraction of sp³-hybridized carbons (Fsp3) is 0.400. The molecule has 0 spiro atoms. The van der Waals surface area contributed by atoms with Crippen molar-refractivity contribution < 1.29 is 9.50 Å². The fourth-order valence-corrected chi connectivity index (χ4v) is 1.23. The quantitative estimate of drug-likeness (QED) is 0.462. The van der Waals surface area contributed by atoms with Crippen molar-refractivity contribution in [2.24, 2.45) is 5.11 Å². The molecule has 0 aliphatic rings. The molecule has 15 heavy (non-hydrogen) atoms. The molecule has 0 fully saturated rings. The predicted octanol–water partition coefficient (Wildman–Crippen LogP) is 2.68. The van der Waals surface area contributed by atoms with Gasteiger partial charge in [-0.15, -0.1) is 0 Å². The number of aliphatic hydroxyl groups excluding tert-OH is 1. The Balaban J connectivity index is 2.86. The lowest BCUT2D eigenvalue weighted by atomic mass is 10.0. The van der Waals surface area contributed by atoms with E-state index in [0.717, 1.165) is 5.56 Å². The summed E-state index contributed by atoms with van der Waals surface area (Å²) in [5, 5.41) is 12.9. The Bertz CT molecular complexity index is 359. The van der Waals surface area contributed by atoms with E-state index >= 15 is 0 Å². The number of aliphatic hydroxyl groups is 1. The summed E-state index contributed by atoms with van der Waals surface area (Å²) >= 11 is 0. The van der Waals surface area contributed by atoms with Crippen molar-refractivity contribution in [3.63, 3.8) is 0 Å². The van der Waals surface area contributed by atoms with Crippen molar-refractivity contribution in [2.45, 2.75) is 19.1 Å². The van der Waals surface area contributed by atoms with Crippen LogP contribution >= 0.6 is 0 Å². The number of hydrogen-bond donors (Lipinski definition) is 1. The smallest absolute Gasteiger partial charge is 0.101 e. The summed E-state index contributed by atoms with van der Waals surface area (Å²) in [6.07, 6.45) is -1.09. The zero-order chi connectivity index (χ0) is 11.3. The van der Waals surface area contributed by atoms with Crippen LogP contribution in [0.4, 0.5) is 4.39 Å². The molecule has 0 amide bonds.